The van der Waals surface area contributed by atoms with Gasteiger partial charge in [-0.05, 0) is 81.6 Å². The fraction of sp³-hybridized carbons (Fsp3) is 0.714. The van der Waals surface area contributed by atoms with Crippen LogP contribution < -0.4 is 10.1 Å². The molecule has 1 spiro atoms. The molecule has 1 aromatic carbocycles. The number of amides is 2. The molecular weight excluding hydrogens is 478 g/mol. The number of piperidine rings is 2. The first-order chi connectivity index (χ1) is 17.5. The van der Waals surface area contributed by atoms with Crippen LogP contribution in [0.1, 0.15) is 74.6 Å². The number of halogens is 1. The van der Waals surface area contributed by atoms with Crippen molar-refractivity contribution in [1.82, 2.24) is 15.1 Å². The summed E-state index contributed by atoms with van der Waals surface area (Å²) in [7, 11) is 1.56. The van der Waals surface area contributed by atoms with Crippen LogP contribution in [0, 0.1) is 11.8 Å². The Morgan fingerprint density at radius 1 is 1.14 bits per heavy atom. The zero-order valence-corrected chi connectivity index (χ0v) is 22.2. The number of carbonyl (C=O) groups excluding carboxylic acids is 2. The van der Waals surface area contributed by atoms with Crippen molar-refractivity contribution in [3.8, 4) is 5.75 Å². The van der Waals surface area contributed by atoms with E-state index in [2.05, 4.69) is 10.2 Å². The van der Waals surface area contributed by atoms with E-state index < -0.39 is 0 Å². The number of hydrogen-bond donors (Lipinski definition) is 1. The normalized spacial score (nSPS) is 25.6. The minimum Gasteiger partial charge on any atom is -0.496 e. The number of likely N-dealkylation sites (tertiary alicyclic amines) is 1. The third-order valence-electron chi connectivity index (χ3n) is 8.98. The van der Waals surface area contributed by atoms with Crippen LogP contribution in [0.4, 0.5) is 4.79 Å². The van der Waals surface area contributed by atoms with E-state index in [-0.39, 0.29) is 23.6 Å². The number of methoxy groups -OCH3 is 1. The predicted molar refractivity (Wildman–Crippen MR) is 140 cm³/mol. The van der Waals surface area contributed by atoms with Gasteiger partial charge in [-0.25, -0.2) is 4.79 Å². The van der Waals surface area contributed by atoms with E-state index in [9.17, 15) is 9.59 Å². The lowest BCUT2D eigenvalue weighted by Crippen LogP contribution is -2.61. The van der Waals surface area contributed by atoms with E-state index in [4.69, 9.17) is 21.1 Å². The van der Waals surface area contributed by atoms with Crippen LogP contribution in [0.15, 0.2) is 18.2 Å². The zero-order chi connectivity index (χ0) is 25.1. The molecule has 1 saturated carbocycles. The molecule has 3 saturated heterocycles. The first-order valence-corrected chi connectivity index (χ1v) is 14.2. The van der Waals surface area contributed by atoms with E-state index in [1.54, 1.807) is 25.3 Å². The first kappa shape index (κ1) is 25.7. The summed E-state index contributed by atoms with van der Waals surface area (Å²) < 4.78 is 11.6. The summed E-state index contributed by atoms with van der Waals surface area (Å²) in [6.07, 6.45) is 10.6. The van der Waals surface area contributed by atoms with E-state index in [1.807, 2.05) is 4.90 Å². The average molecular weight is 518 g/mol. The Bertz CT molecular complexity index is 937. The molecule has 5 rings (SSSR count). The van der Waals surface area contributed by atoms with E-state index in [0.29, 0.717) is 41.3 Å². The number of rotatable bonds is 5. The van der Waals surface area contributed by atoms with E-state index in [0.717, 1.165) is 51.7 Å². The van der Waals surface area contributed by atoms with Gasteiger partial charge in [0.05, 0.1) is 12.7 Å². The van der Waals surface area contributed by atoms with Crippen LogP contribution in [0.25, 0.3) is 0 Å². The third kappa shape index (κ3) is 5.47. The highest BCUT2D eigenvalue weighted by atomic mass is 35.5. The zero-order valence-electron chi connectivity index (χ0n) is 21.5. The van der Waals surface area contributed by atoms with Gasteiger partial charge in [-0.15, -0.1) is 0 Å². The number of hydrogen-bond acceptors (Lipinski definition) is 5. The van der Waals surface area contributed by atoms with Crippen LogP contribution >= 0.6 is 11.6 Å². The highest BCUT2D eigenvalue weighted by Crippen LogP contribution is 2.41. The minimum atomic E-state index is -0.334. The van der Waals surface area contributed by atoms with Crippen LogP contribution in [-0.4, -0.2) is 73.3 Å². The Morgan fingerprint density at radius 3 is 2.56 bits per heavy atom. The van der Waals surface area contributed by atoms with Crippen LogP contribution in [0.2, 0.25) is 5.02 Å². The molecule has 0 radical (unpaired) electrons. The highest BCUT2D eigenvalue weighted by Gasteiger charge is 2.49. The fourth-order valence-corrected chi connectivity index (χ4v) is 7.04. The summed E-state index contributed by atoms with van der Waals surface area (Å²) in [5.41, 5.74) is 0.217. The Hall–Kier alpha value is -1.99. The number of nitrogens with zero attached hydrogens (tertiary/aromatic N) is 2. The number of ether oxygens (including phenoxy) is 2. The molecule has 2 amide bonds. The second-order valence-corrected chi connectivity index (χ2v) is 11.6. The van der Waals surface area contributed by atoms with Crippen LogP contribution in [0.3, 0.4) is 0 Å². The van der Waals surface area contributed by atoms with Crippen molar-refractivity contribution in [2.75, 3.05) is 39.8 Å². The molecule has 36 heavy (non-hydrogen) atoms. The van der Waals surface area contributed by atoms with Gasteiger partial charge in [0.1, 0.15) is 11.4 Å². The van der Waals surface area contributed by atoms with Crippen molar-refractivity contribution < 1.29 is 19.1 Å². The smallest absolute Gasteiger partial charge is 0.410 e. The Balaban J connectivity index is 1.29. The SMILES string of the molecule is COc1cc(Cl)ccc1C(=O)N1CCC(C2CC3(CCNCC3)OC(=O)N2CC2CCCCC2)CC1. The molecule has 1 unspecified atom stereocenters. The van der Waals surface area contributed by atoms with Crippen molar-refractivity contribution in [2.45, 2.75) is 75.9 Å². The molecular formula is C28H40ClN3O4. The summed E-state index contributed by atoms with van der Waals surface area (Å²) >= 11 is 6.10. The highest BCUT2D eigenvalue weighted by molar-refractivity contribution is 6.30. The molecule has 3 aliphatic heterocycles. The lowest BCUT2D eigenvalue weighted by molar-refractivity contribution is -0.101. The molecule has 7 nitrogen and oxygen atoms in total. The molecule has 1 aromatic rings. The van der Waals surface area contributed by atoms with Gasteiger partial charge in [-0.2, -0.15) is 0 Å². The van der Waals surface area contributed by atoms with Crippen molar-refractivity contribution in [2.24, 2.45) is 11.8 Å². The van der Waals surface area contributed by atoms with Gasteiger partial charge in [-0.3, -0.25) is 4.79 Å². The number of nitrogens with one attached hydrogen (secondary N) is 1. The molecule has 198 valence electrons. The molecule has 1 aliphatic carbocycles. The lowest BCUT2D eigenvalue weighted by Gasteiger charge is -2.51. The maximum Gasteiger partial charge on any atom is 0.410 e. The van der Waals surface area contributed by atoms with Gasteiger partial charge in [0.15, 0.2) is 0 Å². The van der Waals surface area contributed by atoms with E-state index >= 15 is 0 Å². The standard InChI is InChI=1S/C28H40ClN3O4/c1-35-25-17-22(29)7-8-23(25)26(33)31-15-9-21(10-16-31)24-18-28(11-13-30-14-12-28)36-27(34)32(24)19-20-5-3-2-4-6-20/h7-8,17,20-21,24,30H,2-6,9-16,18-19H2,1H3. The minimum absolute atomic E-state index is 0.0149. The Morgan fingerprint density at radius 2 is 1.86 bits per heavy atom. The van der Waals surface area contributed by atoms with E-state index in [1.165, 1.54) is 32.1 Å². The van der Waals surface area contributed by atoms with Gasteiger partial charge in [0.25, 0.3) is 5.91 Å². The van der Waals surface area contributed by atoms with Gasteiger partial charge in [0, 0.05) is 37.1 Å². The monoisotopic (exact) mass is 517 g/mol. The molecule has 1 atom stereocenters. The fourth-order valence-electron chi connectivity index (χ4n) is 6.88. The largest absolute Gasteiger partial charge is 0.496 e. The summed E-state index contributed by atoms with van der Waals surface area (Å²) in [4.78, 5) is 30.8. The second-order valence-electron chi connectivity index (χ2n) is 11.2. The van der Waals surface area contributed by atoms with Crippen LogP contribution in [0.5, 0.6) is 5.75 Å². The first-order valence-electron chi connectivity index (χ1n) is 13.8. The molecule has 3 heterocycles. The van der Waals surface area contributed by atoms with Gasteiger partial charge in [-0.1, -0.05) is 30.9 Å². The van der Waals surface area contributed by atoms with Gasteiger partial charge >= 0.3 is 6.09 Å². The molecule has 1 N–H and O–H groups in total. The molecule has 0 bridgehead atoms. The van der Waals surface area contributed by atoms with Crippen molar-refractivity contribution in [3.05, 3.63) is 28.8 Å². The quantitative estimate of drug-likeness (QED) is 0.587. The van der Waals surface area contributed by atoms with Crippen molar-refractivity contribution >= 4 is 23.6 Å². The molecule has 4 aliphatic rings. The Labute approximate surface area is 219 Å². The topological polar surface area (TPSA) is 71.1 Å². The summed E-state index contributed by atoms with van der Waals surface area (Å²) in [5.74, 6) is 1.45. The second kappa shape index (κ2) is 11.2. The number of carbonyl (C=O) groups is 2. The average Bonchev–Trinajstić information content (AvgIpc) is 2.91. The molecule has 0 aromatic heterocycles. The summed E-state index contributed by atoms with van der Waals surface area (Å²) in [5, 5.41) is 3.97. The number of benzene rings is 1. The maximum atomic E-state index is 13.4. The lowest BCUT2D eigenvalue weighted by atomic mass is 9.76. The molecule has 4 fully saturated rings. The predicted octanol–water partition coefficient (Wildman–Crippen LogP) is 5.11. The van der Waals surface area contributed by atoms with Gasteiger partial charge < -0.3 is 24.6 Å². The third-order valence-corrected chi connectivity index (χ3v) is 9.21. The van der Waals surface area contributed by atoms with Crippen molar-refractivity contribution in [3.63, 3.8) is 0 Å². The van der Waals surface area contributed by atoms with Gasteiger partial charge in [0.2, 0.25) is 0 Å². The Kier molecular flexibility index (Phi) is 7.96. The maximum absolute atomic E-state index is 13.4. The summed E-state index contributed by atoms with van der Waals surface area (Å²) in [6.45, 7) is 4.00. The van der Waals surface area contributed by atoms with Crippen LogP contribution in [-0.2, 0) is 4.74 Å². The summed E-state index contributed by atoms with van der Waals surface area (Å²) in [6, 6.07) is 5.36. The van der Waals surface area contributed by atoms with Crippen molar-refractivity contribution in [1.29, 1.82) is 0 Å². The molecule has 8 heteroatoms.